The largest absolute Gasteiger partial charge is 0.489 e. The number of sulfone groups is 1. The third kappa shape index (κ3) is 8.00. The minimum absolute atomic E-state index is 0.0339. The van der Waals surface area contributed by atoms with E-state index < -0.39 is 65.5 Å². The number of hydrogen-bond donors (Lipinski definition) is 2. The highest BCUT2D eigenvalue weighted by Crippen LogP contribution is 2.32. The zero-order chi connectivity index (χ0) is 31.4. The smallest absolute Gasteiger partial charge is 0.416 e. The van der Waals surface area contributed by atoms with Crippen LogP contribution in [0.15, 0.2) is 64.0 Å². The van der Waals surface area contributed by atoms with E-state index in [4.69, 9.17) is 9.15 Å². The number of oxazole rings is 1. The quantitative estimate of drug-likeness (QED) is 0.282. The van der Waals surface area contributed by atoms with Crippen LogP contribution >= 0.6 is 0 Å². The van der Waals surface area contributed by atoms with Crippen molar-refractivity contribution >= 4 is 21.8 Å². The molecular formula is C27H28F5N3O7S. The minimum atomic E-state index is -4.52. The Bertz CT molecular complexity index is 1480. The predicted molar refractivity (Wildman–Crippen MR) is 142 cm³/mol. The van der Waals surface area contributed by atoms with Gasteiger partial charge in [-0.2, -0.15) is 22.0 Å². The average Bonchev–Trinajstić information content (AvgIpc) is 3.62. The molecule has 0 unspecified atom stereocenters. The number of anilines is 1. The molecule has 43 heavy (non-hydrogen) atoms. The molecule has 0 aliphatic carbocycles. The van der Waals surface area contributed by atoms with Crippen LogP contribution in [0.5, 0.6) is 5.75 Å². The highest BCUT2D eigenvalue weighted by Gasteiger charge is 2.37. The summed E-state index contributed by atoms with van der Waals surface area (Å²) < 4.78 is 104. The number of aliphatic hydroxyl groups is 1. The summed E-state index contributed by atoms with van der Waals surface area (Å²) in [5.41, 5.74) is -0.427. The second-order valence-corrected chi connectivity index (χ2v) is 11.9. The first kappa shape index (κ1) is 32.2. The van der Waals surface area contributed by atoms with E-state index in [1.807, 2.05) is 0 Å². The third-order valence-corrected chi connectivity index (χ3v) is 8.50. The van der Waals surface area contributed by atoms with Crippen LogP contribution in [0.2, 0.25) is 0 Å². The molecule has 1 fully saturated rings. The Labute approximate surface area is 243 Å². The van der Waals surface area contributed by atoms with Crippen molar-refractivity contribution in [1.29, 1.82) is 0 Å². The Morgan fingerprint density at radius 3 is 2.42 bits per heavy atom. The number of ether oxygens (including phenoxy) is 2. The minimum Gasteiger partial charge on any atom is -0.489 e. The molecule has 16 heteroatoms. The average molecular weight is 634 g/mol. The van der Waals surface area contributed by atoms with Gasteiger partial charge in [-0.1, -0.05) is 19.1 Å². The van der Waals surface area contributed by atoms with Gasteiger partial charge in [-0.3, -0.25) is 4.79 Å². The molecule has 1 aliphatic rings. The maximum atomic E-state index is 12.9. The molecule has 1 saturated heterocycles. The van der Waals surface area contributed by atoms with Crippen molar-refractivity contribution in [3.8, 4) is 5.75 Å². The molecule has 3 aromatic rings. The van der Waals surface area contributed by atoms with E-state index in [0.29, 0.717) is 5.56 Å². The van der Waals surface area contributed by atoms with Gasteiger partial charge in [-0.05, 0) is 42.0 Å². The van der Waals surface area contributed by atoms with Crippen LogP contribution in [0.4, 0.5) is 28.0 Å². The Balaban J connectivity index is 1.45. The zero-order valence-electron chi connectivity index (χ0n) is 22.6. The van der Waals surface area contributed by atoms with Crippen LogP contribution in [0.1, 0.15) is 41.1 Å². The number of alkyl halides is 5. The lowest BCUT2D eigenvalue weighted by Crippen LogP contribution is -2.34. The number of aromatic nitrogens is 1. The summed E-state index contributed by atoms with van der Waals surface area (Å²) in [5, 5.41) is 12.4. The summed E-state index contributed by atoms with van der Waals surface area (Å²) in [6.07, 6.45) is -3.95. The molecule has 2 heterocycles. The van der Waals surface area contributed by atoms with Crippen molar-refractivity contribution < 1.29 is 54.2 Å². The van der Waals surface area contributed by atoms with E-state index in [0.717, 1.165) is 30.5 Å². The molecule has 0 bridgehead atoms. The van der Waals surface area contributed by atoms with Crippen molar-refractivity contribution in [2.75, 3.05) is 30.4 Å². The predicted octanol–water partition coefficient (Wildman–Crippen LogP) is 4.22. The van der Waals surface area contributed by atoms with E-state index >= 15 is 0 Å². The van der Waals surface area contributed by atoms with Crippen LogP contribution in [0, 0.1) is 0 Å². The molecule has 10 nitrogen and oxygen atoms in total. The highest BCUT2D eigenvalue weighted by molar-refractivity contribution is 7.91. The molecular weight excluding hydrogens is 605 g/mol. The number of carbonyl (C=O) groups excluding carboxylic acids is 1. The van der Waals surface area contributed by atoms with Crippen molar-refractivity contribution in [2.24, 2.45) is 0 Å². The number of aliphatic hydroxyl groups excluding tert-OH is 1. The number of halogens is 5. The number of carbonyl (C=O) groups is 1. The fraction of sp³-hybridized carbons (Fsp3) is 0.407. The van der Waals surface area contributed by atoms with E-state index in [1.54, 1.807) is 0 Å². The molecule has 2 aromatic carbocycles. The number of amides is 1. The van der Waals surface area contributed by atoms with Gasteiger partial charge in [-0.15, -0.1) is 0 Å². The van der Waals surface area contributed by atoms with Gasteiger partial charge >= 0.3 is 12.8 Å². The Morgan fingerprint density at radius 1 is 1.16 bits per heavy atom. The van der Waals surface area contributed by atoms with Crippen molar-refractivity contribution in [1.82, 2.24) is 10.3 Å². The molecule has 1 aliphatic heterocycles. The van der Waals surface area contributed by atoms with Crippen LogP contribution in [0.25, 0.3) is 0 Å². The van der Waals surface area contributed by atoms with Crippen LogP contribution < -0.4 is 15.0 Å². The van der Waals surface area contributed by atoms with E-state index in [-0.39, 0.29) is 41.1 Å². The summed E-state index contributed by atoms with van der Waals surface area (Å²) in [6, 6.07) is 7.93. The Kier molecular flexibility index (Phi) is 9.92. The number of nitrogens with one attached hydrogen (secondary N) is 1. The fourth-order valence-electron chi connectivity index (χ4n) is 4.49. The summed E-state index contributed by atoms with van der Waals surface area (Å²) in [6.45, 7) is -2.49. The molecule has 0 radical (unpaired) electrons. The Hall–Kier alpha value is -3.76. The van der Waals surface area contributed by atoms with Crippen molar-refractivity contribution in [3.05, 3.63) is 71.6 Å². The van der Waals surface area contributed by atoms with Crippen molar-refractivity contribution in [2.45, 2.75) is 49.2 Å². The van der Waals surface area contributed by atoms with Gasteiger partial charge in [0, 0.05) is 6.42 Å². The van der Waals surface area contributed by atoms with Gasteiger partial charge in [0.15, 0.2) is 9.84 Å². The van der Waals surface area contributed by atoms with Gasteiger partial charge in [0.1, 0.15) is 11.9 Å². The molecule has 3 atom stereocenters. The molecule has 2 N–H and O–H groups in total. The molecule has 1 amide bonds. The monoisotopic (exact) mass is 633 g/mol. The second-order valence-electron chi connectivity index (χ2n) is 9.59. The lowest BCUT2D eigenvalue weighted by atomic mass is 10.1. The fourth-order valence-corrected chi connectivity index (χ4v) is 5.37. The van der Waals surface area contributed by atoms with E-state index in [9.17, 15) is 40.3 Å². The lowest BCUT2D eigenvalue weighted by Gasteiger charge is -2.22. The van der Waals surface area contributed by atoms with Crippen molar-refractivity contribution in [3.63, 3.8) is 0 Å². The first-order chi connectivity index (χ1) is 20.3. The molecule has 4 rings (SSSR count). The van der Waals surface area contributed by atoms with Crippen LogP contribution in [-0.4, -0.2) is 68.7 Å². The molecule has 0 spiro atoms. The maximum Gasteiger partial charge on any atom is 0.416 e. The summed E-state index contributed by atoms with van der Waals surface area (Å²) in [7, 11) is -3.44. The van der Waals surface area contributed by atoms with Crippen LogP contribution in [-0.2, 0) is 20.8 Å². The standard InChI is InChI=1S/C27H28F5N3O7S/c1-2-43(38,39)21-9-3-16(4-10-21)22(14-36)34-24(37)23-12-33-26(42-23)35-13-20(11-18(35)15-40-25(28)29)41-19-7-5-17(6-8-19)27(30,31)32/h3-10,12,18,20,22,25,36H,2,11,13-15H2,1H3,(H,34,37)/t18-,20-,22-/m0/s1. The number of hydrogen-bond acceptors (Lipinski definition) is 9. The van der Waals surface area contributed by atoms with Gasteiger partial charge in [-0.25, -0.2) is 13.4 Å². The topological polar surface area (TPSA) is 131 Å². The first-order valence-electron chi connectivity index (χ1n) is 13.0. The molecule has 234 valence electrons. The van der Waals surface area contributed by atoms with Gasteiger partial charge in [0.05, 0.1) is 54.3 Å². The Morgan fingerprint density at radius 2 is 1.84 bits per heavy atom. The molecule has 0 saturated carbocycles. The zero-order valence-corrected chi connectivity index (χ0v) is 23.4. The lowest BCUT2D eigenvalue weighted by molar-refractivity contribution is -0.137. The van der Waals surface area contributed by atoms with Gasteiger partial charge < -0.3 is 29.2 Å². The first-order valence-corrected chi connectivity index (χ1v) is 14.7. The molecule has 1 aromatic heterocycles. The van der Waals surface area contributed by atoms with E-state index in [2.05, 4.69) is 15.0 Å². The SMILES string of the molecule is CCS(=O)(=O)c1ccc([C@H](CO)NC(=O)c2cnc(N3C[C@@H](Oc4ccc(C(F)(F)F)cc4)C[C@H]3COC(F)F)o2)cc1. The number of nitrogens with zero attached hydrogens (tertiary/aromatic N) is 2. The summed E-state index contributed by atoms with van der Waals surface area (Å²) in [4.78, 5) is 18.5. The number of benzene rings is 2. The van der Waals surface area contributed by atoms with Gasteiger partial charge in [0.25, 0.3) is 11.9 Å². The van der Waals surface area contributed by atoms with Gasteiger partial charge in [0.2, 0.25) is 5.76 Å². The van der Waals surface area contributed by atoms with E-state index in [1.165, 1.54) is 36.1 Å². The highest BCUT2D eigenvalue weighted by atomic mass is 32.2. The maximum absolute atomic E-state index is 12.9. The normalized spacial score (nSPS) is 18.2. The summed E-state index contributed by atoms with van der Waals surface area (Å²) >= 11 is 0. The summed E-state index contributed by atoms with van der Waals surface area (Å²) in [5.74, 6) is -0.982. The second kappa shape index (κ2) is 13.3. The third-order valence-electron chi connectivity index (χ3n) is 6.75. The van der Waals surface area contributed by atoms with Crippen LogP contribution in [0.3, 0.4) is 0 Å². The number of rotatable bonds is 12.